The summed E-state index contributed by atoms with van der Waals surface area (Å²) in [5, 5.41) is 7.42. The van der Waals surface area contributed by atoms with Crippen molar-refractivity contribution in [3.63, 3.8) is 0 Å². The number of rotatable bonds is 0. The Bertz CT molecular complexity index is 396. The predicted molar refractivity (Wildman–Crippen MR) is 90.3 cm³/mol. The maximum Gasteiger partial charge on any atom is 3.00 e. The topological polar surface area (TPSA) is 37.3 Å². The summed E-state index contributed by atoms with van der Waals surface area (Å²) in [7, 11) is 0. The van der Waals surface area contributed by atoms with Crippen LogP contribution in [0, 0.1) is 18.2 Å². The van der Waals surface area contributed by atoms with Gasteiger partial charge in [-0.05, 0) is 0 Å². The third kappa shape index (κ3) is 28.8. The molecule has 0 unspecified atom stereocenters. The van der Waals surface area contributed by atoms with Crippen molar-refractivity contribution in [3.8, 4) is 0 Å². The number of carboxylic acid groups (broad SMARTS) is 1. The van der Waals surface area contributed by atoms with Gasteiger partial charge in [-0.15, -0.1) is 0 Å². The van der Waals surface area contributed by atoms with Crippen LogP contribution in [0.25, 0.3) is 0 Å². The number of hydrogen-bond donors (Lipinski definition) is 1. The first-order chi connectivity index (χ1) is 10.7. The van der Waals surface area contributed by atoms with Crippen LogP contribution in [0.2, 0.25) is 0 Å². The van der Waals surface area contributed by atoms with Crippen LogP contribution in [0.4, 0.5) is 0 Å². The average Bonchev–Trinajstić information content (AvgIpc) is 2.60. The Hall–Kier alpha value is -1.36. The molecule has 3 aromatic rings. The fourth-order valence-corrected chi connectivity index (χ4v) is 1.03. The van der Waals surface area contributed by atoms with Crippen molar-refractivity contribution in [1.82, 2.24) is 0 Å². The molecule has 0 aromatic heterocycles. The van der Waals surface area contributed by atoms with Gasteiger partial charge in [0.25, 0.3) is 5.97 Å². The summed E-state index contributed by atoms with van der Waals surface area (Å²) in [6.07, 6.45) is 0. The molecule has 0 radical (unpaired) electrons. The van der Waals surface area contributed by atoms with Crippen LogP contribution in [0.5, 0.6) is 0 Å². The third-order valence-electron chi connectivity index (χ3n) is 1.82. The van der Waals surface area contributed by atoms with Crippen molar-refractivity contribution in [3.05, 3.63) is 109 Å². The van der Waals surface area contributed by atoms with Crippen LogP contribution in [0.15, 0.2) is 91.0 Å². The molecule has 0 aliphatic rings. The molecule has 122 valence electrons. The zero-order chi connectivity index (χ0) is 16.3. The molecule has 3 rings (SSSR count). The summed E-state index contributed by atoms with van der Waals surface area (Å²) >= 11 is 0. The van der Waals surface area contributed by atoms with Crippen LogP contribution in [0.1, 0.15) is 8.35 Å². The van der Waals surface area contributed by atoms with E-state index < -0.39 is 5.97 Å². The van der Waals surface area contributed by atoms with Crippen molar-refractivity contribution < 1.29 is 57.7 Å². The van der Waals surface area contributed by atoms with Gasteiger partial charge in [-0.3, -0.25) is 4.79 Å². The van der Waals surface area contributed by atoms with E-state index in [9.17, 15) is 0 Å². The SMILES string of the molecule is CC(=O)O.[Co+3].[H-].[Na+].[c-]1ccccc1.[c-]1ccccc1.[c-]1ccccc1. The van der Waals surface area contributed by atoms with Gasteiger partial charge >= 0.3 is 46.3 Å². The van der Waals surface area contributed by atoms with Gasteiger partial charge in [-0.1, -0.05) is 0 Å². The molecule has 0 spiro atoms. The second-order valence-electron chi connectivity index (χ2n) is 3.75. The van der Waals surface area contributed by atoms with E-state index >= 15 is 0 Å². The van der Waals surface area contributed by atoms with Gasteiger partial charge in [0.15, 0.2) is 0 Å². The van der Waals surface area contributed by atoms with E-state index in [1.54, 1.807) is 0 Å². The summed E-state index contributed by atoms with van der Waals surface area (Å²) in [5.41, 5.74) is 0. The number of carboxylic acids is 1. The molecule has 0 atom stereocenters. The Morgan fingerprint density at radius 2 is 0.833 bits per heavy atom. The number of aliphatic carboxylic acids is 1. The Labute approximate surface area is 178 Å². The number of carbonyl (C=O) groups is 1. The first-order valence-electron chi connectivity index (χ1n) is 6.66. The quantitative estimate of drug-likeness (QED) is 0.480. The normalized spacial score (nSPS) is 7.04. The zero-order valence-corrected chi connectivity index (χ0v) is 16.9. The van der Waals surface area contributed by atoms with Crippen molar-refractivity contribution >= 4 is 5.97 Å². The van der Waals surface area contributed by atoms with Gasteiger partial charge in [0, 0.05) is 6.92 Å². The van der Waals surface area contributed by atoms with Crippen molar-refractivity contribution in [2.24, 2.45) is 0 Å². The molecular weight excluding hydrogens is 354 g/mol. The van der Waals surface area contributed by atoms with E-state index in [2.05, 4.69) is 18.2 Å². The maximum absolute atomic E-state index is 9.00. The average molecular weight is 374 g/mol. The van der Waals surface area contributed by atoms with Crippen LogP contribution in [-0.4, -0.2) is 11.1 Å². The first-order valence-corrected chi connectivity index (χ1v) is 6.66. The first kappa shape index (κ1) is 27.5. The minimum Gasteiger partial charge on any atom is -1.00 e. The molecule has 0 aliphatic heterocycles. The fraction of sp³-hybridized carbons (Fsp3) is 0.0500. The Balaban J connectivity index is -0.000000114. The molecule has 3 aromatic carbocycles. The van der Waals surface area contributed by atoms with Crippen molar-refractivity contribution in [2.75, 3.05) is 0 Å². The van der Waals surface area contributed by atoms with Crippen LogP contribution in [0.3, 0.4) is 0 Å². The molecule has 0 fully saturated rings. The van der Waals surface area contributed by atoms with E-state index in [0.29, 0.717) is 0 Å². The van der Waals surface area contributed by atoms with Crippen LogP contribution >= 0.6 is 0 Å². The summed E-state index contributed by atoms with van der Waals surface area (Å²) in [5.74, 6) is -0.833. The minimum atomic E-state index is -0.833. The molecule has 0 amide bonds. The van der Waals surface area contributed by atoms with E-state index in [1.165, 1.54) is 0 Å². The molecule has 2 nitrogen and oxygen atoms in total. The number of hydrogen-bond acceptors (Lipinski definition) is 1. The minimum absolute atomic E-state index is 0. The van der Waals surface area contributed by atoms with Gasteiger partial charge in [-0.25, -0.2) is 0 Å². The van der Waals surface area contributed by atoms with E-state index in [0.717, 1.165) is 6.92 Å². The van der Waals surface area contributed by atoms with Crippen LogP contribution < -0.4 is 29.6 Å². The molecular formula is C20H20CoNaO2. The van der Waals surface area contributed by atoms with Gasteiger partial charge in [-0.2, -0.15) is 109 Å². The Morgan fingerprint density at radius 3 is 0.875 bits per heavy atom. The molecule has 1 N–H and O–H groups in total. The van der Waals surface area contributed by atoms with Gasteiger partial charge in [0.2, 0.25) is 0 Å². The zero-order valence-electron chi connectivity index (χ0n) is 14.8. The molecule has 0 saturated carbocycles. The number of benzene rings is 3. The second-order valence-corrected chi connectivity index (χ2v) is 3.75. The maximum atomic E-state index is 9.00. The summed E-state index contributed by atoms with van der Waals surface area (Å²) in [6, 6.07) is 37.5. The molecule has 0 aliphatic carbocycles. The predicted octanol–water partition coefficient (Wildman–Crippen LogP) is 1.67. The van der Waals surface area contributed by atoms with Crippen molar-refractivity contribution in [1.29, 1.82) is 0 Å². The summed E-state index contributed by atoms with van der Waals surface area (Å²) < 4.78 is 0. The van der Waals surface area contributed by atoms with Gasteiger partial charge in [0.1, 0.15) is 0 Å². The second kappa shape index (κ2) is 23.9. The van der Waals surface area contributed by atoms with E-state index in [1.807, 2.05) is 91.0 Å². The molecule has 4 heteroatoms. The molecule has 0 saturated heterocycles. The Morgan fingerprint density at radius 1 is 0.667 bits per heavy atom. The molecule has 24 heavy (non-hydrogen) atoms. The van der Waals surface area contributed by atoms with Crippen molar-refractivity contribution in [2.45, 2.75) is 6.92 Å². The van der Waals surface area contributed by atoms with Gasteiger partial charge < -0.3 is 6.53 Å². The molecule has 0 bridgehead atoms. The smallest absolute Gasteiger partial charge is 1.00 e. The largest absolute Gasteiger partial charge is 3.00 e. The van der Waals surface area contributed by atoms with Crippen LogP contribution in [-0.2, 0) is 21.6 Å². The van der Waals surface area contributed by atoms with E-state index in [4.69, 9.17) is 9.90 Å². The third-order valence-corrected chi connectivity index (χ3v) is 1.82. The monoisotopic (exact) mass is 374 g/mol. The summed E-state index contributed by atoms with van der Waals surface area (Å²) in [4.78, 5) is 9.00. The van der Waals surface area contributed by atoms with E-state index in [-0.39, 0.29) is 47.8 Å². The van der Waals surface area contributed by atoms with Gasteiger partial charge in [0.05, 0.1) is 0 Å². The Kier molecular flexibility index (Phi) is 27.4. The summed E-state index contributed by atoms with van der Waals surface area (Å²) in [6.45, 7) is 1.08. The molecule has 0 heterocycles. The standard InChI is InChI=1S/3C6H5.C2H4O2.Co.Na.H/c3*1-2-4-6-5-3-1;1-2(3)4;;;/h3*1-5H;1H3,(H,3,4);;;/q3*-1;;+3;+1;-1. The fourth-order valence-electron chi connectivity index (χ4n) is 1.03.